The normalized spacial score (nSPS) is 12.3. The van der Waals surface area contributed by atoms with E-state index in [-0.39, 0.29) is 48.5 Å². The molecule has 2 aromatic heterocycles. The zero-order valence-corrected chi connectivity index (χ0v) is 25.7. The second-order valence-electron chi connectivity index (χ2n) is 10.9. The number of aromatic amines is 1. The number of imidazole rings is 1. The summed E-state index contributed by atoms with van der Waals surface area (Å²) >= 11 is 0. The molecule has 3 N–H and O–H groups in total. The molecule has 0 radical (unpaired) electrons. The Labute approximate surface area is 260 Å². The van der Waals surface area contributed by atoms with E-state index in [1.165, 1.54) is 6.33 Å². The van der Waals surface area contributed by atoms with Gasteiger partial charge in [-0.05, 0) is 47.4 Å². The van der Waals surface area contributed by atoms with E-state index in [4.69, 9.17) is 14.2 Å². The van der Waals surface area contributed by atoms with Crippen LogP contribution in [-0.4, -0.2) is 57.5 Å². The Hall–Kier alpha value is -5.00. The van der Waals surface area contributed by atoms with Gasteiger partial charge in [0, 0.05) is 5.92 Å². The van der Waals surface area contributed by atoms with Crippen molar-refractivity contribution < 1.29 is 24.1 Å². The summed E-state index contributed by atoms with van der Waals surface area (Å²) in [5.41, 5.74) is 1.55. The average molecular weight is 612 g/mol. The average Bonchev–Trinajstić information content (AvgIpc) is 3.46. The number of aromatic nitrogens is 4. The lowest BCUT2D eigenvalue weighted by atomic mass is 9.80. The number of ether oxygens (including phenoxy) is 3. The number of carbonyl (C=O) groups excluding carboxylic acids is 1. The number of benzene rings is 3. The third-order valence-electron chi connectivity index (χ3n) is 7.59. The van der Waals surface area contributed by atoms with Crippen molar-refractivity contribution in [2.24, 2.45) is 5.92 Å². The van der Waals surface area contributed by atoms with E-state index >= 15 is 0 Å². The van der Waals surface area contributed by atoms with Crippen LogP contribution >= 0.6 is 0 Å². The molecule has 0 saturated carbocycles. The monoisotopic (exact) mass is 611 g/mol. The minimum absolute atomic E-state index is 0.0254. The molecule has 0 unspecified atom stereocenters. The van der Waals surface area contributed by atoms with Crippen LogP contribution in [0.2, 0.25) is 0 Å². The first kappa shape index (κ1) is 31.4. The number of aliphatic hydroxyl groups is 1. The van der Waals surface area contributed by atoms with E-state index in [0.717, 1.165) is 28.2 Å². The molecular formula is C34H37N5O6. The van der Waals surface area contributed by atoms with Crippen LogP contribution in [0.3, 0.4) is 0 Å². The van der Waals surface area contributed by atoms with E-state index in [9.17, 15) is 14.7 Å². The third-order valence-corrected chi connectivity index (χ3v) is 7.59. The van der Waals surface area contributed by atoms with Gasteiger partial charge in [0.15, 0.2) is 11.2 Å². The van der Waals surface area contributed by atoms with Gasteiger partial charge in [-0.25, -0.2) is 4.98 Å². The molecule has 0 bridgehead atoms. The van der Waals surface area contributed by atoms with Crippen LogP contribution in [0, 0.1) is 5.92 Å². The number of carbonyl (C=O) groups is 1. The van der Waals surface area contributed by atoms with E-state index in [0.29, 0.717) is 0 Å². The first-order valence-corrected chi connectivity index (χ1v) is 14.7. The summed E-state index contributed by atoms with van der Waals surface area (Å²) in [4.78, 5) is 35.9. The Kier molecular flexibility index (Phi) is 9.60. The van der Waals surface area contributed by atoms with Crippen molar-refractivity contribution in [2.45, 2.75) is 38.5 Å². The maximum atomic E-state index is 12.6. The highest BCUT2D eigenvalue weighted by Crippen LogP contribution is 2.41. The summed E-state index contributed by atoms with van der Waals surface area (Å²) in [7, 11) is 3.25. The Morgan fingerprint density at radius 2 is 1.51 bits per heavy atom. The van der Waals surface area contributed by atoms with Crippen molar-refractivity contribution in [1.29, 1.82) is 0 Å². The number of nitrogens with zero attached hydrogens (tertiary/aromatic N) is 3. The largest absolute Gasteiger partial charge is 0.497 e. The summed E-state index contributed by atoms with van der Waals surface area (Å²) in [5, 5.41) is 13.7. The number of H-pyrrole nitrogens is 1. The minimum Gasteiger partial charge on any atom is -0.497 e. The lowest BCUT2D eigenvalue weighted by molar-refractivity contribution is -0.118. The van der Waals surface area contributed by atoms with Crippen LogP contribution in [0.1, 0.15) is 37.0 Å². The molecule has 5 rings (SSSR count). The fourth-order valence-corrected chi connectivity index (χ4v) is 5.15. The number of aliphatic hydroxyl groups excluding tert-OH is 1. The van der Waals surface area contributed by atoms with E-state index in [1.54, 1.807) is 32.6 Å². The zero-order valence-electron chi connectivity index (χ0n) is 25.7. The van der Waals surface area contributed by atoms with Crippen molar-refractivity contribution in [3.8, 4) is 11.5 Å². The van der Waals surface area contributed by atoms with Gasteiger partial charge >= 0.3 is 0 Å². The topological polar surface area (TPSA) is 141 Å². The molecule has 45 heavy (non-hydrogen) atoms. The summed E-state index contributed by atoms with van der Waals surface area (Å²) in [6, 6.07) is 25.4. The molecule has 1 amide bonds. The molecule has 2 heterocycles. The summed E-state index contributed by atoms with van der Waals surface area (Å²) in [5.74, 6) is 0.890. The lowest BCUT2D eigenvalue weighted by Crippen LogP contribution is -2.34. The standard InChI is InChI=1S/C34H37N5O6/c1-22(2)31(41)37-33-36-30-29(32(42)38-33)35-21-39(30)20-26(40)18-19-45-34(23-8-6-5-7-9-23,24-10-14-27(43-3)15-11-24)25-12-16-28(44-4)17-13-25/h5-17,21-22,26,40H,18-20H2,1-4H3,(H2,36,37,38,41,42)/t26-/m0/s1. The number of fused-ring (bicyclic) bond motifs is 1. The second-order valence-corrected chi connectivity index (χ2v) is 10.9. The van der Waals surface area contributed by atoms with Crippen molar-refractivity contribution >= 4 is 23.0 Å². The molecule has 234 valence electrons. The zero-order chi connectivity index (χ0) is 32.0. The SMILES string of the molecule is COc1ccc(C(OCC[C@H](O)Cn2cnc3c(=O)[nH]c(NC(=O)C(C)C)nc32)(c2ccccc2)c2ccc(OC)cc2)cc1. The molecule has 0 aliphatic heterocycles. The van der Waals surface area contributed by atoms with Gasteiger partial charge in [-0.1, -0.05) is 68.4 Å². The predicted molar refractivity (Wildman–Crippen MR) is 171 cm³/mol. The maximum Gasteiger partial charge on any atom is 0.280 e. The van der Waals surface area contributed by atoms with E-state index in [1.807, 2.05) is 78.9 Å². The molecule has 0 fully saturated rings. The molecule has 0 spiro atoms. The molecule has 0 aliphatic carbocycles. The van der Waals surface area contributed by atoms with Crippen molar-refractivity contribution in [3.63, 3.8) is 0 Å². The fourth-order valence-electron chi connectivity index (χ4n) is 5.15. The van der Waals surface area contributed by atoms with Crippen LogP contribution in [-0.2, 0) is 21.7 Å². The minimum atomic E-state index is -1.01. The Bertz CT molecular complexity index is 1740. The van der Waals surface area contributed by atoms with Crippen molar-refractivity contribution in [3.05, 3.63) is 112 Å². The molecular weight excluding hydrogens is 574 g/mol. The number of methoxy groups -OCH3 is 2. The van der Waals surface area contributed by atoms with Gasteiger partial charge < -0.3 is 23.9 Å². The predicted octanol–water partition coefficient (Wildman–Crippen LogP) is 4.49. The first-order valence-electron chi connectivity index (χ1n) is 14.7. The summed E-state index contributed by atoms with van der Waals surface area (Å²) in [6.45, 7) is 3.77. The lowest BCUT2D eigenvalue weighted by Gasteiger charge is -2.36. The van der Waals surface area contributed by atoms with Gasteiger partial charge in [-0.2, -0.15) is 4.98 Å². The van der Waals surface area contributed by atoms with Crippen LogP contribution in [0.25, 0.3) is 11.2 Å². The van der Waals surface area contributed by atoms with Gasteiger partial charge in [0.2, 0.25) is 11.9 Å². The van der Waals surface area contributed by atoms with Gasteiger partial charge in [-0.15, -0.1) is 0 Å². The highest BCUT2D eigenvalue weighted by Gasteiger charge is 2.38. The molecule has 1 atom stereocenters. The van der Waals surface area contributed by atoms with Crippen LogP contribution < -0.4 is 20.3 Å². The molecule has 3 aromatic carbocycles. The summed E-state index contributed by atoms with van der Waals surface area (Å²) in [6.07, 6.45) is 0.853. The third kappa shape index (κ3) is 6.74. The quantitative estimate of drug-likeness (QED) is 0.166. The number of anilines is 1. The molecule has 11 nitrogen and oxygen atoms in total. The highest BCUT2D eigenvalue weighted by atomic mass is 16.5. The second kappa shape index (κ2) is 13.7. The molecule has 5 aromatic rings. The van der Waals surface area contributed by atoms with Crippen LogP contribution in [0.15, 0.2) is 90.0 Å². The first-order chi connectivity index (χ1) is 21.7. The van der Waals surface area contributed by atoms with E-state index < -0.39 is 17.3 Å². The molecule has 0 saturated heterocycles. The van der Waals surface area contributed by atoms with Gasteiger partial charge in [0.25, 0.3) is 5.56 Å². The number of amides is 1. The number of hydrogen-bond acceptors (Lipinski definition) is 8. The Morgan fingerprint density at radius 1 is 0.933 bits per heavy atom. The Morgan fingerprint density at radius 3 is 2.07 bits per heavy atom. The molecule has 11 heteroatoms. The van der Waals surface area contributed by atoms with Crippen molar-refractivity contribution in [1.82, 2.24) is 19.5 Å². The highest BCUT2D eigenvalue weighted by molar-refractivity contribution is 5.91. The maximum absolute atomic E-state index is 12.6. The van der Waals surface area contributed by atoms with Crippen molar-refractivity contribution in [2.75, 3.05) is 26.1 Å². The van der Waals surface area contributed by atoms with Gasteiger partial charge in [0.05, 0.1) is 39.8 Å². The van der Waals surface area contributed by atoms with Crippen LogP contribution in [0.4, 0.5) is 5.95 Å². The van der Waals surface area contributed by atoms with Gasteiger partial charge in [-0.3, -0.25) is 19.9 Å². The number of hydrogen-bond donors (Lipinski definition) is 3. The molecule has 0 aliphatic rings. The summed E-state index contributed by atoms with van der Waals surface area (Å²) < 4.78 is 19.3. The Balaban J connectivity index is 1.42. The van der Waals surface area contributed by atoms with Gasteiger partial charge in [0.1, 0.15) is 17.1 Å². The smallest absolute Gasteiger partial charge is 0.280 e. The fraction of sp³-hybridized carbons (Fsp3) is 0.294. The number of rotatable bonds is 13. The van der Waals surface area contributed by atoms with Crippen LogP contribution in [0.5, 0.6) is 11.5 Å². The number of nitrogens with one attached hydrogen (secondary N) is 2. The van der Waals surface area contributed by atoms with E-state index in [2.05, 4.69) is 20.3 Å².